The van der Waals surface area contributed by atoms with Gasteiger partial charge in [-0.2, -0.15) is 0 Å². The van der Waals surface area contributed by atoms with Gasteiger partial charge < -0.3 is 28.7 Å². The summed E-state index contributed by atoms with van der Waals surface area (Å²) in [6, 6.07) is 33.2. The molecule has 5 rings (SSSR count). The first-order valence-corrected chi connectivity index (χ1v) is 17.6. The molecule has 54 heavy (non-hydrogen) atoms. The number of aromatic nitrogens is 1. The predicted molar refractivity (Wildman–Crippen MR) is 211 cm³/mol. The number of pyridine rings is 1. The van der Waals surface area contributed by atoms with Crippen LogP contribution in [0.5, 0.6) is 11.5 Å². The molecule has 0 saturated carbocycles. The van der Waals surface area contributed by atoms with Crippen LogP contribution in [0.25, 0.3) is 0 Å². The van der Waals surface area contributed by atoms with Gasteiger partial charge in [0.1, 0.15) is 24.7 Å². The van der Waals surface area contributed by atoms with E-state index in [1.165, 1.54) is 0 Å². The average Bonchev–Trinajstić information content (AvgIpc) is 3.19. The number of hydrogen-bond acceptors (Lipinski definition) is 9. The topological polar surface area (TPSA) is 96.9 Å². The van der Waals surface area contributed by atoms with Crippen LogP contribution in [0.4, 0.5) is 21.0 Å². The molecule has 1 heterocycles. The first-order valence-electron chi connectivity index (χ1n) is 17.6. The summed E-state index contributed by atoms with van der Waals surface area (Å²) in [5.74, 6) is 1.42. The number of anilines is 2. The Morgan fingerprint density at radius 2 is 0.889 bits per heavy atom. The number of amides is 2. The second kappa shape index (κ2) is 19.0. The molecule has 0 aliphatic rings. The molecule has 0 radical (unpaired) electrons. The van der Waals surface area contributed by atoms with Gasteiger partial charge in [-0.25, -0.2) is 9.59 Å². The minimum Gasteiger partial charge on any atom is -0.497 e. The summed E-state index contributed by atoms with van der Waals surface area (Å²) in [7, 11) is 11.2. The van der Waals surface area contributed by atoms with Crippen LogP contribution in [-0.2, 0) is 48.9 Å². The Morgan fingerprint density at radius 3 is 1.26 bits per heavy atom. The molecule has 282 valence electrons. The molecule has 0 aliphatic carbocycles. The standard InChI is InChI=1S/C43H49N5O6/c1-45(2)38-17-13-32(14-18-38)26-47(28-34-9-7-11-40(22-34)51-5)42(49)53-30-36-21-37(25-44-24-36)31-54-43(50)48(29-35-10-8-12-41(23-35)52-6)27-33-15-19-39(20-16-33)46(3)4/h7-25H,26-31H2,1-6H3. The van der Waals surface area contributed by atoms with Gasteiger partial charge in [0.15, 0.2) is 0 Å². The quantitative estimate of drug-likeness (QED) is 0.100. The zero-order chi connectivity index (χ0) is 38.5. The summed E-state index contributed by atoms with van der Waals surface area (Å²) in [6.45, 7) is 1.34. The Bertz CT molecular complexity index is 1830. The van der Waals surface area contributed by atoms with Crippen molar-refractivity contribution in [3.8, 4) is 11.5 Å². The average molecular weight is 732 g/mol. The van der Waals surface area contributed by atoms with E-state index in [9.17, 15) is 9.59 Å². The van der Waals surface area contributed by atoms with Gasteiger partial charge in [-0.1, -0.05) is 48.5 Å². The molecule has 11 heteroatoms. The van der Waals surface area contributed by atoms with E-state index in [0.717, 1.165) is 33.6 Å². The van der Waals surface area contributed by atoms with E-state index in [1.807, 2.05) is 141 Å². The van der Waals surface area contributed by atoms with Gasteiger partial charge in [0.2, 0.25) is 0 Å². The van der Waals surface area contributed by atoms with Crippen LogP contribution in [0, 0.1) is 0 Å². The van der Waals surface area contributed by atoms with E-state index >= 15 is 0 Å². The first kappa shape index (κ1) is 39.0. The predicted octanol–water partition coefficient (Wildman–Crippen LogP) is 7.91. The van der Waals surface area contributed by atoms with E-state index in [1.54, 1.807) is 36.4 Å². The Hall–Kier alpha value is -6.23. The molecule has 0 N–H and O–H groups in total. The van der Waals surface area contributed by atoms with Crippen molar-refractivity contribution >= 4 is 23.6 Å². The minimum absolute atomic E-state index is 0.00724. The lowest BCUT2D eigenvalue weighted by atomic mass is 10.1. The van der Waals surface area contributed by atoms with Gasteiger partial charge >= 0.3 is 12.2 Å². The second-order valence-corrected chi connectivity index (χ2v) is 13.3. The molecule has 0 atom stereocenters. The zero-order valence-electron chi connectivity index (χ0n) is 31.9. The van der Waals surface area contributed by atoms with Crippen molar-refractivity contribution in [3.63, 3.8) is 0 Å². The molecule has 11 nitrogen and oxygen atoms in total. The smallest absolute Gasteiger partial charge is 0.410 e. The maximum absolute atomic E-state index is 13.6. The molecule has 0 fully saturated rings. The molecule has 2 amide bonds. The maximum atomic E-state index is 13.6. The third kappa shape index (κ3) is 11.4. The number of rotatable bonds is 16. The molecular weight excluding hydrogens is 683 g/mol. The molecule has 0 unspecified atom stereocenters. The Balaban J connectivity index is 1.24. The van der Waals surface area contributed by atoms with Gasteiger partial charge in [-0.05, 0) is 76.9 Å². The van der Waals surface area contributed by atoms with Gasteiger partial charge in [-0.15, -0.1) is 0 Å². The lowest BCUT2D eigenvalue weighted by Crippen LogP contribution is -2.31. The number of ether oxygens (including phenoxy) is 4. The van der Waals surface area contributed by atoms with Gasteiger partial charge in [0.05, 0.1) is 14.2 Å². The summed E-state index contributed by atoms with van der Waals surface area (Å²) in [6.07, 6.45) is 2.32. The SMILES string of the molecule is COc1cccc(CN(Cc2ccc(N(C)C)cc2)C(=O)OCc2cncc(COC(=O)N(Cc3ccc(N(C)C)cc3)Cc3cccc(OC)c3)c2)c1. The highest BCUT2D eigenvalue weighted by Crippen LogP contribution is 2.21. The van der Waals surface area contributed by atoms with Crippen molar-refractivity contribution in [2.45, 2.75) is 39.4 Å². The summed E-state index contributed by atoms with van der Waals surface area (Å²) in [5.41, 5.74) is 7.23. The lowest BCUT2D eigenvalue weighted by molar-refractivity contribution is 0.0898. The zero-order valence-corrected chi connectivity index (χ0v) is 31.9. The third-order valence-electron chi connectivity index (χ3n) is 8.76. The van der Waals surface area contributed by atoms with E-state index < -0.39 is 12.2 Å². The van der Waals surface area contributed by atoms with E-state index in [-0.39, 0.29) is 13.2 Å². The molecular formula is C43H49N5O6. The van der Waals surface area contributed by atoms with Crippen molar-refractivity contribution in [1.82, 2.24) is 14.8 Å². The lowest BCUT2D eigenvalue weighted by Gasteiger charge is -2.23. The van der Waals surface area contributed by atoms with E-state index in [2.05, 4.69) is 4.98 Å². The van der Waals surface area contributed by atoms with Crippen LogP contribution < -0.4 is 19.3 Å². The Kier molecular flexibility index (Phi) is 13.7. The third-order valence-corrected chi connectivity index (χ3v) is 8.76. The number of carbonyl (C=O) groups is 2. The number of hydrogen-bond donors (Lipinski definition) is 0. The number of carbonyl (C=O) groups excluding carboxylic acids is 2. The Morgan fingerprint density at radius 1 is 0.500 bits per heavy atom. The minimum atomic E-state index is -0.474. The van der Waals surface area contributed by atoms with Crippen LogP contribution in [0.2, 0.25) is 0 Å². The van der Waals surface area contributed by atoms with Crippen LogP contribution in [0.1, 0.15) is 33.4 Å². The first-order chi connectivity index (χ1) is 26.1. The fourth-order valence-corrected chi connectivity index (χ4v) is 5.76. The van der Waals surface area contributed by atoms with Crippen LogP contribution in [-0.4, -0.2) is 69.4 Å². The molecule has 5 aromatic rings. The Labute approximate surface area is 318 Å². The van der Waals surface area contributed by atoms with Crippen molar-refractivity contribution in [3.05, 3.63) is 149 Å². The highest BCUT2D eigenvalue weighted by molar-refractivity contribution is 5.68. The fraction of sp³-hybridized carbons (Fsp3) is 0.279. The molecule has 1 aromatic heterocycles. The van der Waals surface area contributed by atoms with E-state index in [0.29, 0.717) is 48.8 Å². The second-order valence-electron chi connectivity index (χ2n) is 13.3. The number of nitrogens with zero attached hydrogens (tertiary/aromatic N) is 5. The largest absolute Gasteiger partial charge is 0.497 e. The number of benzene rings is 4. The molecule has 0 aliphatic heterocycles. The fourth-order valence-electron chi connectivity index (χ4n) is 5.76. The highest BCUT2D eigenvalue weighted by Gasteiger charge is 2.19. The van der Waals surface area contributed by atoms with E-state index in [4.69, 9.17) is 18.9 Å². The monoisotopic (exact) mass is 731 g/mol. The van der Waals surface area contributed by atoms with Crippen molar-refractivity contribution < 1.29 is 28.5 Å². The van der Waals surface area contributed by atoms with Crippen LogP contribution in [0.3, 0.4) is 0 Å². The normalized spacial score (nSPS) is 10.6. The van der Waals surface area contributed by atoms with Crippen LogP contribution in [0.15, 0.2) is 116 Å². The van der Waals surface area contributed by atoms with Crippen molar-refractivity contribution in [2.75, 3.05) is 52.2 Å². The molecule has 0 spiro atoms. The summed E-state index contributed by atoms with van der Waals surface area (Å²) in [4.78, 5) is 38.9. The van der Waals surface area contributed by atoms with Gasteiger partial charge in [0.25, 0.3) is 0 Å². The highest BCUT2D eigenvalue weighted by atomic mass is 16.6. The van der Waals surface area contributed by atoms with Crippen molar-refractivity contribution in [2.24, 2.45) is 0 Å². The molecule has 0 bridgehead atoms. The maximum Gasteiger partial charge on any atom is 0.410 e. The van der Waals surface area contributed by atoms with Crippen LogP contribution >= 0.6 is 0 Å². The van der Waals surface area contributed by atoms with Crippen molar-refractivity contribution in [1.29, 1.82) is 0 Å². The summed E-state index contributed by atoms with van der Waals surface area (Å²) < 4.78 is 22.5. The molecule has 0 saturated heterocycles. The van der Waals surface area contributed by atoms with Gasteiger partial charge in [-0.3, -0.25) is 14.8 Å². The number of methoxy groups -OCH3 is 2. The summed E-state index contributed by atoms with van der Waals surface area (Å²) in [5, 5.41) is 0. The molecule has 4 aromatic carbocycles. The van der Waals surface area contributed by atoms with Gasteiger partial charge in [0, 0.05) is 89.3 Å². The summed E-state index contributed by atoms with van der Waals surface area (Å²) >= 11 is 0.